The van der Waals surface area contributed by atoms with Gasteiger partial charge in [0.2, 0.25) is 15.8 Å². The van der Waals surface area contributed by atoms with Crippen LogP contribution < -0.4 is 5.32 Å². The second-order valence-corrected chi connectivity index (χ2v) is 7.58. The molecule has 1 unspecified atom stereocenters. The van der Waals surface area contributed by atoms with Gasteiger partial charge in [-0.05, 0) is 32.4 Å². The van der Waals surface area contributed by atoms with Crippen LogP contribution in [0.25, 0.3) is 0 Å². The minimum Gasteiger partial charge on any atom is -0.463 e. The molecule has 2 heterocycles. The number of halogens is 1. The number of nitrogens with one attached hydrogen (secondary N) is 1. The van der Waals surface area contributed by atoms with E-state index in [0.29, 0.717) is 31.2 Å². The number of esters is 1. The number of sulfonamides is 1. The average molecular weight is 381 g/mol. The molecule has 1 aromatic rings. The number of carbonyl (C=O) groups is 1. The first-order valence-electron chi connectivity index (χ1n) is 7.79. The molecule has 0 aromatic carbocycles. The normalized spacial score (nSPS) is 18.9. The first kappa shape index (κ1) is 21.0. The van der Waals surface area contributed by atoms with E-state index in [2.05, 4.69) is 10.1 Å². The van der Waals surface area contributed by atoms with Gasteiger partial charge in [-0.15, -0.1) is 12.4 Å². The summed E-state index contributed by atoms with van der Waals surface area (Å²) < 4.78 is 37.3. The lowest BCUT2D eigenvalue weighted by Crippen LogP contribution is -2.42. The van der Waals surface area contributed by atoms with Crippen LogP contribution in [0.2, 0.25) is 0 Å². The molecule has 1 atom stereocenters. The molecule has 0 spiro atoms. The van der Waals surface area contributed by atoms with Crippen molar-refractivity contribution in [3.63, 3.8) is 0 Å². The van der Waals surface area contributed by atoms with E-state index in [-0.39, 0.29) is 23.1 Å². The molecule has 2 rings (SSSR count). The Bertz CT molecular complexity index is 657. The molecule has 9 heteroatoms. The molecule has 0 aliphatic carbocycles. The van der Waals surface area contributed by atoms with Crippen molar-refractivity contribution in [2.75, 3.05) is 33.8 Å². The van der Waals surface area contributed by atoms with Crippen molar-refractivity contribution in [3.8, 4) is 0 Å². The number of carbonyl (C=O) groups excluding carboxylic acids is 1. The number of aryl methyl sites for hydroxylation is 1. The molecule has 0 amide bonds. The molecule has 0 saturated carbocycles. The second kappa shape index (κ2) is 8.84. The third-order valence-corrected chi connectivity index (χ3v) is 5.98. The first-order valence-corrected chi connectivity index (χ1v) is 9.23. The molecule has 1 fully saturated rings. The van der Waals surface area contributed by atoms with Gasteiger partial charge in [0.15, 0.2) is 0 Å². The number of furan rings is 1. The van der Waals surface area contributed by atoms with Crippen LogP contribution in [0.15, 0.2) is 15.4 Å². The first-order chi connectivity index (χ1) is 10.9. The number of nitrogens with zero attached hydrogens (tertiary/aromatic N) is 1. The van der Waals surface area contributed by atoms with Crippen molar-refractivity contribution in [2.24, 2.45) is 5.92 Å². The molecule has 1 saturated heterocycles. The lowest BCUT2D eigenvalue weighted by atomic mass is 10.00. The Morgan fingerprint density at radius 1 is 1.50 bits per heavy atom. The third-order valence-electron chi connectivity index (χ3n) is 4.07. The van der Waals surface area contributed by atoms with Crippen molar-refractivity contribution in [1.82, 2.24) is 9.62 Å². The van der Waals surface area contributed by atoms with Crippen molar-refractivity contribution in [1.29, 1.82) is 0 Å². The number of hydrogen-bond acceptors (Lipinski definition) is 6. The summed E-state index contributed by atoms with van der Waals surface area (Å²) in [5.74, 6) is -0.165. The van der Waals surface area contributed by atoms with Crippen LogP contribution in [0.5, 0.6) is 0 Å². The summed E-state index contributed by atoms with van der Waals surface area (Å²) in [4.78, 5) is 11.7. The quantitative estimate of drug-likeness (QED) is 0.755. The molecule has 1 aromatic heterocycles. The van der Waals surface area contributed by atoms with Gasteiger partial charge in [0.05, 0.1) is 7.11 Å². The number of ether oxygens (including phenoxy) is 1. The van der Waals surface area contributed by atoms with E-state index in [1.54, 1.807) is 6.92 Å². The fraction of sp³-hybridized carbons (Fsp3) is 0.667. The van der Waals surface area contributed by atoms with E-state index in [9.17, 15) is 13.2 Å². The second-order valence-electron chi connectivity index (χ2n) is 5.67. The molecule has 1 aliphatic heterocycles. The van der Waals surface area contributed by atoms with Crippen molar-refractivity contribution in [3.05, 3.63) is 17.6 Å². The van der Waals surface area contributed by atoms with Crippen LogP contribution in [-0.2, 0) is 21.2 Å². The van der Waals surface area contributed by atoms with E-state index >= 15 is 0 Å². The van der Waals surface area contributed by atoms with Gasteiger partial charge in [0.1, 0.15) is 10.7 Å². The molecule has 7 nitrogen and oxygen atoms in total. The Kier molecular flexibility index (Phi) is 7.72. The van der Waals surface area contributed by atoms with E-state index < -0.39 is 16.0 Å². The fourth-order valence-corrected chi connectivity index (χ4v) is 4.70. The summed E-state index contributed by atoms with van der Waals surface area (Å²) in [6.07, 6.45) is 2.22. The number of hydrogen-bond donors (Lipinski definition) is 1. The van der Waals surface area contributed by atoms with Crippen molar-refractivity contribution >= 4 is 28.4 Å². The summed E-state index contributed by atoms with van der Waals surface area (Å²) >= 11 is 0. The van der Waals surface area contributed by atoms with Gasteiger partial charge >= 0.3 is 5.97 Å². The van der Waals surface area contributed by atoms with Crippen LogP contribution in [-0.4, -0.2) is 52.5 Å². The maximum atomic E-state index is 12.9. The standard InChI is InChI=1S/C15H24N2O5S.ClH/c1-4-12-14(8-13(22-12)15(18)21-3)23(19,20)17-7-5-6-11(10-17)9-16-2;/h8,11,16H,4-7,9-10H2,1-3H3;1H. The highest BCUT2D eigenvalue weighted by atomic mass is 35.5. The van der Waals surface area contributed by atoms with Crippen LogP contribution in [0.1, 0.15) is 36.1 Å². The summed E-state index contributed by atoms with van der Waals surface area (Å²) in [5, 5.41) is 3.10. The molecule has 24 heavy (non-hydrogen) atoms. The monoisotopic (exact) mass is 380 g/mol. The zero-order chi connectivity index (χ0) is 17.0. The zero-order valence-electron chi connectivity index (χ0n) is 14.2. The molecule has 138 valence electrons. The summed E-state index contributed by atoms with van der Waals surface area (Å²) in [6, 6.07) is 1.28. The lowest BCUT2D eigenvalue weighted by Gasteiger charge is -2.31. The van der Waals surface area contributed by atoms with E-state index in [1.807, 2.05) is 7.05 Å². The summed E-state index contributed by atoms with van der Waals surface area (Å²) in [5.41, 5.74) is 0. The van der Waals surface area contributed by atoms with Crippen LogP contribution in [0.3, 0.4) is 0 Å². The Balaban J connectivity index is 0.00000288. The Labute approximate surface area is 149 Å². The Hall–Kier alpha value is -1.09. The van der Waals surface area contributed by atoms with Crippen LogP contribution in [0, 0.1) is 5.92 Å². The smallest absolute Gasteiger partial charge is 0.373 e. The highest BCUT2D eigenvalue weighted by molar-refractivity contribution is 7.89. The molecular formula is C15H25ClN2O5S. The highest BCUT2D eigenvalue weighted by Crippen LogP contribution is 2.28. The molecule has 0 radical (unpaired) electrons. The topological polar surface area (TPSA) is 88.8 Å². The van der Waals surface area contributed by atoms with Gasteiger partial charge in [-0.25, -0.2) is 13.2 Å². The minimum atomic E-state index is -3.67. The van der Waals surface area contributed by atoms with Gasteiger partial charge in [-0.2, -0.15) is 4.31 Å². The van der Waals surface area contributed by atoms with E-state index in [1.165, 1.54) is 17.5 Å². The summed E-state index contributed by atoms with van der Waals surface area (Å²) in [6.45, 7) is 3.54. The number of rotatable bonds is 6. The SMILES string of the molecule is CCc1oc(C(=O)OC)cc1S(=O)(=O)N1CCCC(CNC)C1.Cl. The molecule has 0 bridgehead atoms. The minimum absolute atomic E-state index is 0. The van der Waals surface area contributed by atoms with Crippen molar-refractivity contribution < 1.29 is 22.4 Å². The summed E-state index contributed by atoms with van der Waals surface area (Å²) in [7, 11) is -0.577. The third kappa shape index (κ3) is 4.30. The Morgan fingerprint density at radius 2 is 2.21 bits per heavy atom. The van der Waals surface area contributed by atoms with E-state index in [0.717, 1.165) is 19.4 Å². The predicted octanol–water partition coefficient (Wildman–Crippen LogP) is 1.67. The highest BCUT2D eigenvalue weighted by Gasteiger charge is 2.34. The average Bonchev–Trinajstić information content (AvgIpc) is 3.00. The Morgan fingerprint density at radius 3 is 2.79 bits per heavy atom. The maximum absolute atomic E-state index is 12.9. The predicted molar refractivity (Wildman–Crippen MR) is 92.1 cm³/mol. The van der Waals surface area contributed by atoms with Crippen molar-refractivity contribution in [2.45, 2.75) is 31.1 Å². The number of methoxy groups -OCH3 is 1. The van der Waals surface area contributed by atoms with Crippen LogP contribution in [0.4, 0.5) is 0 Å². The van der Waals surface area contributed by atoms with Gasteiger partial charge in [-0.1, -0.05) is 6.92 Å². The van der Waals surface area contributed by atoms with Gasteiger partial charge < -0.3 is 14.5 Å². The fourth-order valence-electron chi connectivity index (χ4n) is 2.92. The zero-order valence-corrected chi connectivity index (χ0v) is 15.8. The number of piperidine rings is 1. The van der Waals surface area contributed by atoms with Crippen LogP contribution >= 0.6 is 12.4 Å². The molecular weight excluding hydrogens is 356 g/mol. The molecule has 1 N–H and O–H groups in total. The van der Waals surface area contributed by atoms with E-state index in [4.69, 9.17) is 4.42 Å². The van der Waals surface area contributed by atoms with Gasteiger partial charge in [-0.3, -0.25) is 0 Å². The van der Waals surface area contributed by atoms with Gasteiger partial charge in [0.25, 0.3) is 0 Å². The van der Waals surface area contributed by atoms with Gasteiger partial charge in [0, 0.05) is 25.6 Å². The lowest BCUT2D eigenvalue weighted by molar-refractivity contribution is 0.0563. The largest absolute Gasteiger partial charge is 0.463 e. The molecule has 1 aliphatic rings. The maximum Gasteiger partial charge on any atom is 0.373 e.